The molecule has 3 unspecified atom stereocenters. The zero-order valence-corrected chi connectivity index (χ0v) is 11.4. The van der Waals surface area contributed by atoms with E-state index in [2.05, 4.69) is 36.1 Å². The average molecular weight is 259 g/mol. The molecule has 2 aliphatic rings. The van der Waals surface area contributed by atoms with Crippen molar-refractivity contribution >= 4 is 5.97 Å². The van der Waals surface area contributed by atoms with Crippen molar-refractivity contribution in [3.63, 3.8) is 0 Å². The second kappa shape index (κ2) is 4.97. The number of carboxylic acids is 1. The summed E-state index contributed by atoms with van der Waals surface area (Å²) in [5.74, 6) is -0.403. The molecule has 3 nitrogen and oxygen atoms in total. The fourth-order valence-electron chi connectivity index (χ4n) is 3.78. The maximum Gasteiger partial charge on any atom is 0.321 e. The highest BCUT2D eigenvalue weighted by molar-refractivity contribution is 5.74. The normalized spacial score (nSPS) is 31.1. The summed E-state index contributed by atoms with van der Waals surface area (Å²) in [5, 5.41) is 9.49. The largest absolute Gasteiger partial charge is 0.480 e. The van der Waals surface area contributed by atoms with E-state index in [0.29, 0.717) is 6.04 Å². The number of carbonyl (C=O) groups is 1. The Hall–Kier alpha value is -1.35. The van der Waals surface area contributed by atoms with E-state index in [4.69, 9.17) is 0 Å². The smallest absolute Gasteiger partial charge is 0.321 e. The average Bonchev–Trinajstić information content (AvgIpc) is 2.80. The van der Waals surface area contributed by atoms with E-state index in [9.17, 15) is 9.90 Å². The first-order valence-corrected chi connectivity index (χ1v) is 7.25. The Kier molecular flexibility index (Phi) is 3.31. The zero-order valence-electron chi connectivity index (χ0n) is 11.4. The van der Waals surface area contributed by atoms with Crippen molar-refractivity contribution in [2.45, 2.75) is 44.7 Å². The Labute approximate surface area is 114 Å². The van der Waals surface area contributed by atoms with Gasteiger partial charge in [-0.15, -0.1) is 0 Å². The number of aliphatic carboxylic acids is 1. The van der Waals surface area contributed by atoms with Gasteiger partial charge >= 0.3 is 5.97 Å². The van der Waals surface area contributed by atoms with Gasteiger partial charge in [0.2, 0.25) is 0 Å². The predicted octanol–water partition coefficient (Wildman–Crippen LogP) is 2.86. The second-order valence-corrected chi connectivity index (χ2v) is 5.89. The number of rotatable bonds is 2. The zero-order chi connectivity index (χ0) is 13.4. The summed E-state index contributed by atoms with van der Waals surface area (Å²) in [6, 6.07) is 8.53. The third-order valence-electron chi connectivity index (χ3n) is 4.73. The van der Waals surface area contributed by atoms with Crippen LogP contribution < -0.4 is 0 Å². The van der Waals surface area contributed by atoms with Gasteiger partial charge in [-0.2, -0.15) is 0 Å². The van der Waals surface area contributed by atoms with E-state index in [1.807, 2.05) is 0 Å². The lowest BCUT2D eigenvalue weighted by Gasteiger charge is -2.36. The van der Waals surface area contributed by atoms with Gasteiger partial charge in [0.25, 0.3) is 0 Å². The molecular formula is C16H21NO2. The molecular weight excluding hydrogens is 238 g/mol. The fraction of sp³-hybridized carbons (Fsp3) is 0.562. The van der Waals surface area contributed by atoms with Gasteiger partial charge < -0.3 is 5.11 Å². The van der Waals surface area contributed by atoms with Crippen molar-refractivity contribution in [3.05, 3.63) is 35.4 Å². The monoisotopic (exact) mass is 259 g/mol. The highest BCUT2D eigenvalue weighted by Gasteiger charge is 2.41. The number of aryl methyl sites for hydroxylation is 1. The number of fused-ring (bicyclic) bond motifs is 1. The molecule has 0 saturated carbocycles. The van der Waals surface area contributed by atoms with Gasteiger partial charge in [-0.05, 0) is 49.3 Å². The maximum atomic E-state index is 11.5. The molecule has 0 radical (unpaired) electrons. The minimum atomic E-state index is -0.659. The molecule has 0 spiro atoms. The van der Waals surface area contributed by atoms with Gasteiger partial charge in [-0.25, -0.2) is 0 Å². The van der Waals surface area contributed by atoms with Crippen molar-refractivity contribution in [1.82, 2.24) is 4.90 Å². The van der Waals surface area contributed by atoms with E-state index < -0.39 is 5.97 Å². The lowest BCUT2D eigenvalue weighted by Crippen LogP contribution is -2.42. The lowest BCUT2D eigenvalue weighted by molar-refractivity contribution is -0.144. The first-order chi connectivity index (χ1) is 9.18. The van der Waals surface area contributed by atoms with Crippen molar-refractivity contribution in [1.29, 1.82) is 0 Å². The molecule has 1 saturated heterocycles. The Balaban J connectivity index is 1.93. The highest BCUT2D eigenvalue weighted by Crippen LogP contribution is 2.39. The molecule has 19 heavy (non-hydrogen) atoms. The molecule has 1 aromatic rings. The van der Waals surface area contributed by atoms with E-state index >= 15 is 0 Å². The number of benzene rings is 1. The number of nitrogens with zero attached hydrogens (tertiary/aromatic N) is 1. The van der Waals surface area contributed by atoms with Crippen LogP contribution in [0.15, 0.2) is 24.3 Å². The summed E-state index contributed by atoms with van der Waals surface area (Å²) in [6.45, 7) is 2.98. The summed E-state index contributed by atoms with van der Waals surface area (Å²) in [4.78, 5) is 13.8. The van der Waals surface area contributed by atoms with Crippen molar-refractivity contribution in [2.75, 3.05) is 6.54 Å². The van der Waals surface area contributed by atoms with Crippen LogP contribution in [-0.4, -0.2) is 28.6 Å². The van der Waals surface area contributed by atoms with Crippen LogP contribution in [-0.2, 0) is 11.2 Å². The van der Waals surface area contributed by atoms with Crippen LogP contribution in [0, 0.1) is 5.92 Å². The molecule has 1 fully saturated rings. The SMILES string of the molecule is CC1CCN(C2CCCc3ccccc32)C1C(=O)O. The number of hydrogen-bond donors (Lipinski definition) is 1. The molecule has 3 heteroatoms. The van der Waals surface area contributed by atoms with E-state index in [-0.39, 0.29) is 12.0 Å². The summed E-state index contributed by atoms with van der Waals surface area (Å²) in [6.07, 6.45) is 4.38. The topological polar surface area (TPSA) is 40.5 Å². The highest BCUT2D eigenvalue weighted by atomic mass is 16.4. The number of likely N-dealkylation sites (tertiary alicyclic amines) is 1. The van der Waals surface area contributed by atoms with Crippen molar-refractivity contribution in [2.24, 2.45) is 5.92 Å². The number of hydrogen-bond acceptors (Lipinski definition) is 2. The minimum Gasteiger partial charge on any atom is -0.480 e. The van der Waals surface area contributed by atoms with Crippen LogP contribution in [0.25, 0.3) is 0 Å². The first kappa shape index (κ1) is 12.7. The summed E-state index contributed by atoms with van der Waals surface area (Å²) >= 11 is 0. The Morgan fingerprint density at radius 2 is 2.11 bits per heavy atom. The van der Waals surface area contributed by atoms with Crippen molar-refractivity contribution in [3.8, 4) is 0 Å². The van der Waals surface area contributed by atoms with Crippen LogP contribution in [0.1, 0.15) is 43.4 Å². The third-order valence-corrected chi connectivity index (χ3v) is 4.73. The standard InChI is InChI=1S/C16H21NO2/c1-11-9-10-17(15(11)16(18)19)14-8-4-6-12-5-2-3-7-13(12)14/h2-3,5,7,11,14-15H,4,6,8-10H2,1H3,(H,18,19). The second-order valence-electron chi connectivity index (χ2n) is 5.89. The van der Waals surface area contributed by atoms with Crippen LogP contribution in [0.3, 0.4) is 0 Å². The van der Waals surface area contributed by atoms with Gasteiger partial charge in [0, 0.05) is 6.04 Å². The Morgan fingerprint density at radius 1 is 1.32 bits per heavy atom. The molecule has 1 aliphatic carbocycles. The van der Waals surface area contributed by atoms with Crippen LogP contribution in [0.2, 0.25) is 0 Å². The molecule has 0 bridgehead atoms. The molecule has 1 heterocycles. The molecule has 1 N–H and O–H groups in total. The molecule has 1 aliphatic heterocycles. The first-order valence-electron chi connectivity index (χ1n) is 7.25. The molecule has 0 aromatic heterocycles. The molecule has 1 aromatic carbocycles. The van der Waals surface area contributed by atoms with Crippen LogP contribution in [0.5, 0.6) is 0 Å². The summed E-state index contributed by atoms with van der Waals surface area (Å²) in [7, 11) is 0. The molecule has 0 amide bonds. The summed E-state index contributed by atoms with van der Waals surface area (Å²) in [5.41, 5.74) is 2.76. The molecule has 3 rings (SSSR count). The van der Waals surface area contributed by atoms with Crippen LogP contribution >= 0.6 is 0 Å². The van der Waals surface area contributed by atoms with Gasteiger partial charge in [-0.3, -0.25) is 9.69 Å². The lowest BCUT2D eigenvalue weighted by atomic mass is 9.86. The van der Waals surface area contributed by atoms with E-state index in [1.54, 1.807) is 0 Å². The minimum absolute atomic E-state index is 0.256. The van der Waals surface area contributed by atoms with Gasteiger partial charge in [0.1, 0.15) is 6.04 Å². The quantitative estimate of drug-likeness (QED) is 0.888. The van der Waals surface area contributed by atoms with Crippen molar-refractivity contribution < 1.29 is 9.90 Å². The van der Waals surface area contributed by atoms with Gasteiger partial charge in [-0.1, -0.05) is 31.2 Å². The Bertz CT molecular complexity index is 485. The fourth-order valence-corrected chi connectivity index (χ4v) is 3.78. The van der Waals surface area contributed by atoms with E-state index in [0.717, 1.165) is 25.8 Å². The predicted molar refractivity (Wildman–Crippen MR) is 74.0 cm³/mol. The Morgan fingerprint density at radius 3 is 2.89 bits per heavy atom. The molecule has 3 atom stereocenters. The van der Waals surface area contributed by atoms with E-state index in [1.165, 1.54) is 17.5 Å². The van der Waals surface area contributed by atoms with Crippen LogP contribution in [0.4, 0.5) is 0 Å². The molecule has 102 valence electrons. The third kappa shape index (κ3) is 2.16. The summed E-state index contributed by atoms with van der Waals surface area (Å²) < 4.78 is 0. The van der Waals surface area contributed by atoms with Gasteiger partial charge in [0.15, 0.2) is 0 Å². The number of carboxylic acid groups (broad SMARTS) is 1. The van der Waals surface area contributed by atoms with Gasteiger partial charge in [0.05, 0.1) is 0 Å². The maximum absolute atomic E-state index is 11.5.